The number of benzene rings is 2. The van der Waals surface area contributed by atoms with Crippen LogP contribution in [0.4, 0.5) is 5.69 Å². The van der Waals surface area contributed by atoms with Crippen LogP contribution in [0.15, 0.2) is 83.8 Å². The molecular formula is C27H28N4O2. The summed E-state index contributed by atoms with van der Waals surface area (Å²) in [5.74, 6) is -0.0999. The fourth-order valence-corrected chi connectivity index (χ4v) is 4.04. The van der Waals surface area contributed by atoms with Gasteiger partial charge in [-0.2, -0.15) is 0 Å². The van der Waals surface area contributed by atoms with Crippen LogP contribution in [-0.4, -0.2) is 20.2 Å². The van der Waals surface area contributed by atoms with Gasteiger partial charge in [-0.05, 0) is 48.7 Å². The Hall–Kier alpha value is -3.77. The maximum atomic E-state index is 12.7. The number of carbonyl (C=O) groups excluding carboxylic acids is 1. The highest BCUT2D eigenvalue weighted by Crippen LogP contribution is 2.26. The number of hydrogen-bond donors (Lipinski definition) is 1. The first-order valence-electron chi connectivity index (χ1n) is 11.0. The highest BCUT2D eigenvalue weighted by atomic mass is 16.1. The average molecular weight is 441 g/mol. The Bertz CT molecular complexity index is 1330. The van der Waals surface area contributed by atoms with Crippen molar-refractivity contribution in [2.24, 2.45) is 0 Å². The second kappa shape index (κ2) is 9.79. The van der Waals surface area contributed by atoms with Crippen molar-refractivity contribution in [3.63, 3.8) is 0 Å². The smallest absolute Gasteiger partial charge is 0.258 e. The molecule has 0 aliphatic carbocycles. The number of rotatable bonds is 7. The fraction of sp³-hybridized carbons (Fsp3) is 0.222. The van der Waals surface area contributed by atoms with E-state index >= 15 is 0 Å². The van der Waals surface area contributed by atoms with Crippen molar-refractivity contribution in [2.75, 3.05) is 5.32 Å². The van der Waals surface area contributed by atoms with E-state index in [1.807, 2.05) is 55.5 Å². The maximum absolute atomic E-state index is 12.7. The van der Waals surface area contributed by atoms with Gasteiger partial charge in [-0.15, -0.1) is 0 Å². The van der Waals surface area contributed by atoms with E-state index in [2.05, 4.69) is 35.3 Å². The first kappa shape index (κ1) is 22.4. The molecule has 6 nitrogen and oxygen atoms in total. The Balaban J connectivity index is 1.70. The van der Waals surface area contributed by atoms with E-state index in [4.69, 9.17) is 4.98 Å². The number of anilines is 1. The van der Waals surface area contributed by atoms with E-state index in [0.717, 1.165) is 22.5 Å². The van der Waals surface area contributed by atoms with Crippen molar-refractivity contribution < 1.29 is 4.79 Å². The van der Waals surface area contributed by atoms with Crippen LogP contribution in [-0.2, 0) is 17.9 Å². The Labute approximate surface area is 193 Å². The number of aryl methyl sites for hydroxylation is 1. The molecule has 1 amide bonds. The molecule has 1 atom stereocenters. The van der Waals surface area contributed by atoms with Gasteiger partial charge < -0.3 is 5.32 Å². The molecule has 1 N–H and O–H groups in total. The van der Waals surface area contributed by atoms with Gasteiger partial charge in [-0.25, -0.2) is 4.98 Å². The topological polar surface area (TPSA) is 66.7 Å². The zero-order valence-electron chi connectivity index (χ0n) is 19.2. The van der Waals surface area contributed by atoms with Gasteiger partial charge in [0.25, 0.3) is 5.56 Å². The van der Waals surface area contributed by atoms with Gasteiger partial charge in [0, 0.05) is 44.0 Å². The van der Waals surface area contributed by atoms with Crippen LogP contribution in [0, 0.1) is 6.92 Å². The molecule has 168 valence electrons. The number of hydrogen-bond acceptors (Lipinski definition) is 4. The third-order valence-electron chi connectivity index (χ3n) is 5.77. The largest absolute Gasteiger partial charge is 0.326 e. The van der Waals surface area contributed by atoms with Crippen molar-refractivity contribution in [1.82, 2.24) is 14.3 Å². The molecule has 1 unspecified atom stereocenters. The quantitative estimate of drug-likeness (QED) is 0.451. The minimum absolute atomic E-state index is 0.0241. The lowest BCUT2D eigenvalue weighted by Crippen LogP contribution is -2.28. The molecule has 0 fully saturated rings. The summed E-state index contributed by atoms with van der Waals surface area (Å²) in [4.78, 5) is 31.4. The minimum atomic E-state index is -0.0999. The molecule has 0 saturated heterocycles. The monoisotopic (exact) mass is 440 g/mol. The summed E-state index contributed by atoms with van der Waals surface area (Å²) in [5, 5.41) is 2.86. The molecule has 2 aromatic heterocycles. The second-order valence-electron chi connectivity index (χ2n) is 8.34. The molecule has 2 heterocycles. The van der Waals surface area contributed by atoms with Gasteiger partial charge in [-0.1, -0.05) is 48.5 Å². The molecule has 0 aliphatic rings. The third kappa shape index (κ3) is 5.35. The molecule has 0 bridgehead atoms. The zero-order chi connectivity index (χ0) is 23.4. The zero-order valence-corrected chi connectivity index (χ0v) is 19.2. The number of nitrogens with one attached hydrogen (secondary N) is 1. The van der Waals surface area contributed by atoms with Crippen molar-refractivity contribution >= 4 is 17.2 Å². The molecule has 0 spiro atoms. The molecule has 4 aromatic rings. The van der Waals surface area contributed by atoms with Crippen molar-refractivity contribution in [1.29, 1.82) is 0 Å². The average Bonchev–Trinajstić information content (AvgIpc) is 2.79. The van der Waals surface area contributed by atoms with Gasteiger partial charge >= 0.3 is 0 Å². The van der Waals surface area contributed by atoms with Crippen molar-refractivity contribution in [3.8, 4) is 0 Å². The minimum Gasteiger partial charge on any atom is -0.326 e. The number of carbonyl (C=O) groups is 1. The standard InChI is InChI=1S/C27H28N4O2/c1-19-9-8-14-31-26(33)16-25(29-27(19)31)18-30(17-22-10-5-4-6-11-22)20(2)23-12-7-13-24(15-23)28-21(3)32/h4-16,20H,17-18H2,1-3H3,(H,28,32). The van der Waals surface area contributed by atoms with E-state index in [-0.39, 0.29) is 17.5 Å². The first-order chi connectivity index (χ1) is 15.9. The Morgan fingerprint density at radius 3 is 2.58 bits per heavy atom. The summed E-state index contributed by atoms with van der Waals surface area (Å²) >= 11 is 0. The lowest BCUT2D eigenvalue weighted by atomic mass is 10.0. The van der Waals surface area contributed by atoms with E-state index < -0.39 is 0 Å². The fourth-order valence-electron chi connectivity index (χ4n) is 4.04. The summed E-state index contributed by atoms with van der Waals surface area (Å²) in [6.07, 6.45) is 1.75. The number of fused-ring (bicyclic) bond motifs is 1. The summed E-state index contributed by atoms with van der Waals surface area (Å²) in [7, 11) is 0. The van der Waals surface area contributed by atoms with Crippen LogP contribution < -0.4 is 10.9 Å². The summed E-state index contributed by atoms with van der Waals surface area (Å²) in [5.41, 5.74) is 5.31. The van der Waals surface area contributed by atoms with Gasteiger partial charge in [-0.3, -0.25) is 18.9 Å². The molecule has 4 rings (SSSR count). The Morgan fingerprint density at radius 2 is 1.82 bits per heavy atom. The van der Waals surface area contributed by atoms with Crippen LogP contribution >= 0.6 is 0 Å². The summed E-state index contributed by atoms with van der Waals surface area (Å²) < 4.78 is 1.58. The predicted octanol–water partition coefficient (Wildman–Crippen LogP) is 4.72. The second-order valence-corrected chi connectivity index (χ2v) is 8.34. The molecular weight excluding hydrogens is 412 g/mol. The molecule has 0 radical (unpaired) electrons. The number of aromatic nitrogens is 2. The van der Waals surface area contributed by atoms with Gasteiger partial charge in [0.15, 0.2) is 0 Å². The molecule has 33 heavy (non-hydrogen) atoms. The number of amides is 1. The highest BCUT2D eigenvalue weighted by molar-refractivity contribution is 5.88. The van der Waals surface area contributed by atoms with Crippen LogP contribution in [0.25, 0.3) is 5.65 Å². The lowest BCUT2D eigenvalue weighted by Gasteiger charge is -2.29. The first-order valence-corrected chi connectivity index (χ1v) is 11.0. The SMILES string of the molecule is CC(=O)Nc1cccc(C(C)N(Cc2ccccc2)Cc2cc(=O)n3cccc(C)c3n2)c1. The number of pyridine rings is 1. The van der Waals surface area contributed by atoms with Gasteiger partial charge in [0.05, 0.1) is 5.69 Å². The van der Waals surface area contributed by atoms with Crippen molar-refractivity contribution in [2.45, 2.75) is 39.9 Å². The summed E-state index contributed by atoms with van der Waals surface area (Å²) in [6, 6.07) is 23.6. The predicted molar refractivity (Wildman–Crippen MR) is 131 cm³/mol. The van der Waals surface area contributed by atoms with E-state index in [0.29, 0.717) is 18.7 Å². The summed E-state index contributed by atoms with van der Waals surface area (Å²) in [6.45, 7) is 6.81. The van der Waals surface area contributed by atoms with Gasteiger partial charge in [0.1, 0.15) is 5.65 Å². The van der Waals surface area contributed by atoms with Crippen LogP contribution in [0.2, 0.25) is 0 Å². The van der Waals surface area contributed by atoms with E-state index in [9.17, 15) is 9.59 Å². The number of nitrogens with zero attached hydrogens (tertiary/aromatic N) is 3. The Morgan fingerprint density at radius 1 is 1.03 bits per heavy atom. The van der Waals surface area contributed by atoms with Gasteiger partial charge in [0.2, 0.25) is 5.91 Å². The molecule has 2 aromatic carbocycles. The normalized spacial score (nSPS) is 12.1. The highest BCUT2D eigenvalue weighted by Gasteiger charge is 2.19. The van der Waals surface area contributed by atoms with Crippen molar-refractivity contribution in [3.05, 3.63) is 112 Å². The Kier molecular flexibility index (Phi) is 6.66. The lowest BCUT2D eigenvalue weighted by molar-refractivity contribution is -0.114. The molecule has 0 saturated carbocycles. The maximum Gasteiger partial charge on any atom is 0.258 e. The van der Waals surface area contributed by atoms with E-state index in [1.54, 1.807) is 16.7 Å². The molecule has 0 aliphatic heterocycles. The van der Waals surface area contributed by atoms with Crippen LogP contribution in [0.3, 0.4) is 0 Å². The van der Waals surface area contributed by atoms with Crippen LogP contribution in [0.5, 0.6) is 0 Å². The van der Waals surface area contributed by atoms with E-state index in [1.165, 1.54) is 12.5 Å². The van der Waals surface area contributed by atoms with Crippen LogP contribution in [0.1, 0.15) is 42.3 Å². The third-order valence-corrected chi connectivity index (χ3v) is 5.77. The molecule has 6 heteroatoms.